The van der Waals surface area contributed by atoms with Crippen LogP contribution in [0.5, 0.6) is 0 Å². The smallest absolute Gasteiger partial charge is 0.225 e. The highest BCUT2D eigenvalue weighted by atomic mass is 127. The van der Waals surface area contributed by atoms with Gasteiger partial charge in [0, 0.05) is 58.4 Å². The van der Waals surface area contributed by atoms with E-state index in [1.165, 1.54) is 30.5 Å². The van der Waals surface area contributed by atoms with Crippen LogP contribution in [-0.4, -0.2) is 63.6 Å². The number of hydrogen-bond acceptors (Lipinski definition) is 3. The maximum Gasteiger partial charge on any atom is 0.225 e. The Morgan fingerprint density at radius 2 is 1.84 bits per heavy atom. The van der Waals surface area contributed by atoms with E-state index in [0.717, 1.165) is 57.7 Å². The van der Waals surface area contributed by atoms with Crippen LogP contribution in [0.15, 0.2) is 29.3 Å². The minimum Gasteiger partial charge on any atom is -0.378 e. The Balaban J connectivity index is 0.00000341. The zero-order valence-electron chi connectivity index (χ0n) is 19.4. The van der Waals surface area contributed by atoms with Crippen LogP contribution < -0.4 is 15.5 Å². The normalized spacial score (nSPS) is 19.6. The van der Waals surface area contributed by atoms with Gasteiger partial charge in [0.05, 0.1) is 0 Å². The van der Waals surface area contributed by atoms with Crippen LogP contribution in [0, 0.1) is 5.92 Å². The van der Waals surface area contributed by atoms with E-state index in [9.17, 15) is 4.79 Å². The molecule has 0 radical (unpaired) electrons. The van der Waals surface area contributed by atoms with Crippen molar-refractivity contribution in [3.63, 3.8) is 0 Å². The van der Waals surface area contributed by atoms with Crippen LogP contribution in [0.25, 0.3) is 0 Å². The first-order valence-electron chi connectivity index (χ1n) is 11.6. The van der Waals surface area contributed by atoms with E-state index in [1.807, 2.05) is 7.05 Å². The Kier molecular flexibility index (Phi) is 10.9. The quantitative estimate of drug-likeness (QED) is 0.240. The number of nitrogens with one attached hydrogen (secondary N) is 2. The van der Waals surface area contributed by atoms with Crippen LogP contribution in [0.1, 0.15) is 50.5 Å². The molecule has 1 amide bonds. The molecule has 2 N–H and O–H groups in total. The van der Waals surface area contributed by atoms with Crippen LogP contribution in [-0.2, 0) is 11.2 Å². The van der Waals surface area contributed by atoms with Crippen LogP contribution in [0.4, 0.5) is 5.69 Å². The van der Waals surface area contributed by atoms with Gasteiger partial charge in [-0.2, -0.15) is 0 Å². The Morgan fingerprint density at radius 1 is 1.13 bits per heavy atom. The lowest BCUT2D eigenvalue weighted by molar-refractivity contribution is -0.135. The molecule has 1 aliphatic carbocycles. The van der Waals surface area contributed by atoms with Crippen molar-refractivity contribution in [2.75, 3.05) is 45.7 Å². The number of carbonyl (C=O) groups is 1. The first-order valence-corrected chi connectivity index (χ1v) is 11.6. The van der Waals surface area contributed by atoms with Gasteiger partial charge in [0.25, 0.3) is 0 Å². The van der Waals surface area contributed by atoms with Crippen molar-refractivity contribution >= 4 is 41.5 Å². The van der Waals surface area contributed by atoms with Crippen LogP contribution >= 0.6 is 24.0 Å². The van der Waals surface area contributed by atoms with Crippen molar-refractivity contribution in [1.82, 2.24) is 15.5 Å². The number of benzene rings is 1. The summed E-state index contributed by atoms with van der Waals surface area (Å²) in [5.41, 5.74) is 2.59. The third-order valence-corrected chi connectivity index (χ3v) is 6.41. The molecular formula is C24H40IN5O. The van der Waals surface area contributed by atoms with Crippen molar-refractivity contribution in [1.29, 1.82) is 0 Å². The predicted octanol–water partition coefficient (Wildman–Crippen LogP) is 3.65. The number of carbonyl (C=O) groups excluding carboxylic acids is 1. The van der Waals surface area contributed by atoms with Gasteiger partial charge in [0.15, 0.2) is 5.96 Å². The lowest BCUT2D eigenvalue weighted by atomic mass is 9.88. The number of aryl methyl sites for hydroxylation is 1. The number of halogens is 1. The zero-order valence-corrected chi connectivity index (χ0v) is 21.7. The summed E-state index contributed by atoms with van der Waals surface area (Å²) in [5.74, 6) is 1.49. The second-order valence-electron chi connectivity index (χ2n) is 8.91. The van der Waals surface area contributed by atoms with Gasteiger partial charge in [-0.1, -0.05) is 31.4 Å². The highest BCUT2D eigenvalue weighted by Crippen LogP contribution is 2.26. The van der Waals surface area contributed by atoms with E-state index < -0.39 is 0 Å². The van der Waals surface area contributed by atoms with Gasteiger partial charge in [-0.05, 0) is 49.8 Å². The standard InChI is InChI=1S/C24H39N5O.HI/c1-25-24(26-16-7-8-19-11-13-22(14-12-19)28(2)3)27-21-15-17-29(18-21)23(30)20-9-5-4-6-10-20;/h11-14,20-21H,4-10,15-18H2,1-3H3,(H2,25,26,27);1H. The summed E-state index contributed by atoms with van der Waals surface area (Å²) in [7, 11) is 5.94. The Labute approximate surface area is 205 Å². The fourth-order valence-corrected chi connectivity index (χ4v) is 4.53. The predicted molar refractivity (Wildman–Crippen MR) is 141 cm³/mol. The molecule has 1 unspecified atom stereocenters. The minimum atomic E-state index is 0. The summed E-state index contributed by atoms with van der Waals surface area (Å²) in [6, 6.07) is 9.05. The lowest BCUT2D eigenvalue weighted by Crippen LogP contribution is -2.45. The summed E-state index contributed by atoms with van der Waals surface area (Å²) in [6.07, 6.45) is 8.96. The number of amides is 1. The lowest BCUT2D eigenvalue weighted by Gasteiger charge is -2.26. The summed E-state index contributed by atoms with van der Waals surface area (Å²) in [5, 5.41) is 6.94. The molecule has 1 aromatic rings. The molecule has 7 heteroatoms. The fourth-order valence-electron chi connectivity index (χ4n) is 4.53. The molecule has 174 valence electrons. The molecule has 1 saturated carbocycles. The number of guanidine groups is 1. The number of nitrogens with zero attached hydrogens (tertiary/aromatic N) is 3. The van der Waals surface area contributed by atoms with Crippen molar-refractivity contribution in [3.05, 3.63) is 29.8 Å². The Hall–Kier alpha value is -1.51. The third-order valence-electron chi connectivity index (χ3n) is 6.41. The highest BCUT2D eigenvalue weighted by molar-refractivity contribution is 14.0. The average molecular weight is 542 g/mol. The number of hydrogen-bond donors (Lipinski definition) is 2. The first kappa shape index (κ1) is 25.7. The number of rotatable bonds is 7. The van der Waals surface area contributed by atoms with Gasteiger partial charge in [0.2, 0.25) is 5.91 Å². The molecule has 2 aliphatic rings. The zero-order chi connectivity index (χ0) is 21.3. The van der Waals surface area contributed by atoms with E-state index in [0.29, 0.717) is 11.9 Å². The SMILES string of the molecule is CN=C(NCCCc1ccc(N(C)C)cc1)NC1CCN(C(=O)C2CCCCC2)C1.I. The van der Waals surface area contributed by atoms with Gasteiger partial charge >= 0.3 is 0 Å². The number of likely N-dealkylation sites (tertiary alicyclic amines) is 1. The van der Waals surface area contributed by atoms with Gasteiger partial charge < -0.3 is 20.4 Å². The number of anilines is 1. The van der Waals surface area contributed by atoms with Crippen molar-refractivity contribution in [3.8, 4) is 0 Å². The Bertz CT molecular complexity index is 700. The largest absolute Gasteiger partial charge is 0.378 e. The molecule has 3 rings (SSSR count). The second-order valence-corrected chi connectivity index (χ2v) is 8.91. The van der Waals surface area contributed by atoms with E-state index >= 15 is 0 Å². The van der Waals surface area contributed by atoms with Gasteiger partial charge in [-0.15, -0.1) is 24.0 Å². The molecule has 6 nitrogen and oxygen atoms in total. The summed E-state index contributed by atoms with van der Waals surface area (Å²) < 4.78 is 0. The van der Waals surface area contributed by atoms with E-state index in [-0.39, 0.29) is 29.9 Å². The third kappa shape index (κ3) is 7.84. The first-order chi connectivity index (χ1) is 14.6. The molecule has 0 spiro atoms. The summed E-state index contributed by atoms with van der Waals surface area (Å²) in [6.45, 7) is 2.55. The second kappa shape index (κ2) is 13.1. The number of aliphatic imine (C=N–C) groups is 1. The molecule has 0 aromatic heterocycles. The molecular weight excluding hydrogens is 501 g/mol. The molecule has 1 heterocycles. The van der Waals surface area contributed by atoms with E-state index in [1.54, 1.807) is 0 Å². The van der Waals surface area contributed by atoms with Crippen LogP contribution in [0.2, 0.25) is 0 Å². The summed E-state index contributed by atoms with van der Waals surface area (Å²) in [4.78, 5) is 21.3. The van der Waals surface area contributed by atoms with E-state index in [4.69, 9.17) is 0 Å². The molecule has 1 atom stereocenters. The topological polar surface area (TPSA) is 60.0 Å². The monoisotopic (exact) mass is 541 g/mol. The minimum absolute atomic E-state index is 0. The van der Waals surface area contributed by atoms with Gasteiger partial charge in [0.1, 0.15) is 0 Å². The highest BCUT2D eigenvalue weighted by Gasteiger charge is 2.31. The van der Waals surface area contributed by atoms with Gasteiger partial charge in [-0.3, -0.25) is 9.79 Å². The molecule has 2 fully saturated rings. The summed E-state index contributed by atoms with van der Waals surface area (Å²) >= 11 is 0. The molecule has 1 aliphatic heterocycles. The average Bonchev–Trinajstić information content (AvgIpc) is 3.24. The maximum atomic E-state index is 12.8. The fraction of sp³-hybridized carbons (Fsp3) is 0.667. The maximum absolute atomic E-state index is 12.8. The molecule has 1 aromatic carbocycles. The van der Waals surface area contributed by atoms with Crippen molar-refractivity contribution in [2.24, 2.45) is 10.9 Å². The molecule has 1 saturated heterocycles. The molecule has 31 heavy (non-hydrogen) atoms. The van der Waals surface area contributed by atoms with Crippen LogP contribution in [0.3, 0.4) is 0 Å². The van der Waals surface area contributed by atoms with Crippen molar-refractivity contribution in [2.45, 2.75) is 57.4 Å². The Morgan fingerprint density at radius 3 is 2.48 bits per heavy atom. The van der Waals surface area contributed by atoms with Gasteiger partial charge in [-0.25, -0.2) is 0 Å². The van der Waals surface area contributed by atoms with Crippen molar-refractivity contribution < 1.29 is 4.79 Å². The van der Waals surface area contributed by atoms with E-state index in [2.05, 4.69) is 63.8 Å². The molecule has 0 bridgehead atoms.